The molecule has 0 aromatic heterocycles. The van der Waals surface area contributed by atoms with Crippen LogP contribution >= 0.6 is 15.9 Å². The molecule has 0 aliphatic carbocycles. The first-order valence-corrected chi connectivity index (χ1v) is 2.72. The van der Waals surface area contributed by atoms with E-state index in [0.717, 1.165) is 0 Å². The van der Waals surface area contributed by atoms with E-state index in [1.165, 1.54) is 0 Å². The van der Waals surface area contributed by atoms with E-state index in [9.17, 15) is 9.59 Å². The number of halogens is 1. The van der Waals surface area contributed by atoms with Crippen molar-refractivity contribution in [2.45, 2.75) is 0 Å². The summed E-state index contributed by atoms with van der Waals surface area (Å²) < 4.78 is -0.308. The molecule has 46 valence electrons. The maximum atomic E-state index is 9.96. The molecule has 3 nitrogen and oxygen atoms in total. The fourth-order valence-corrected chi connectivity index (χ4v) is 0.269. The Morgan fingerprint density at radius 2 is 2.11 bits per heavy atom. The van der Waals surface area contributed by atoms with Gasteiger partial charge in [-0.2, -0.15) is 0 Å². The highest BCUT2D eigenvalue weighted by Gasteiger charge is 2.04. The van der Waals surface area contributed by atoms with Gasteiger partial charge in [0.1, 0.15) is 14.1 Å². The van der Waals surface area contributed by atoms with Gasteiger partial charge in [0.15, 0.2) is 0 Å². The summed E-state index contributed by atoms with van der Waals surface area (Å²) >= 11 is 2.59. The van der Waals surface area contributed by atoms with Gasteiger partial charge in [0.05, 0.1) is 4.48 Å². The second-order valence-electron chi connectivity index (χ2n) is 1.19. The summed E-state index contributed by atoms with van der Waals surface area (Å²) in [5, 5.41) is 8.14. The van der Waals surface area contributed by atoms with Gasteiger partial charge in [0, 0.05) is 0 Å². The number of carbonyl (C=O) groups excluding carboxylic acids is 1. The van der Waals surface area contributed by atoms with Crippen LogP contribution in [0.15, 0.2) is 9.95 Å². The first kappa shape index (κ1) is 8.42. The van der Waals surface area contributed by atoms with E-state index in [-0.39, 0.29) is 16.2 Å². The first-order chi connectivity index (χ1) is 4.09. The molecule has 0 bridgehead atoms. The standard InChI is InChI=1S/C4H2BBrO3/c5-2(1-7)3(6)4(8)9/h1H,(H,8,9)/b3-2+. The summed E-state index contributed by atoms with van der Waals surface area (Å²) in [7, 11) is 4.90. The monoisotopic (exact) mass is 188 g/mol. The number of carbonyl (C=O) groups is 2. The minimum atomic E-state index is -1.25. The fraction of sp³-hybridized carbons (Fsp3) is 0. The van der Waals surface area contributed by atoms with Crippen LogP contribution in [0.2, 0.25) is 0 Å². The van der Waals surface area contributed by atoms with E-state index < -0.39 is 5.97 Å². The molecular weight excluding hydrogens is 187 g/mol. The molecular formula is C4H2BBrO3. The van der Waals surface area contributed by atoms with E-state index in [1.807, 2.05) is 0 Å². The molecule has 0 aromatic carbocycles. The van der Waals surface area contributed by atoms with Crippen molar-refractivity contribution in [2.24, 2.45) is 0 Å². The van der Waals surface area contributed by atoms with Crippen molar-refractivity contribution in [3.63, 3.8) is 0 Å². The quantitative estimate of drug-likeness (QED) is 0.379. The molecule has 0 amide bonds. The third kappa shape index (κ3) is 2.46. The Hall–Kier alpha value is -0.575. The summed E-state index contributed by atoms with van der Waals surface area (Å²) in [4.78, 5) is 19.7. The van der Waals surface area contributed by atoms with Gasteiger partial charge >= 0.3 is 5.97 Å². The lowest BCUT2D eigenvalue weighted by Crippen LogP contribution is -1.99. The molecule has 0 rings (SSSR count). The summed E-state index contributed by atoms with van der Waals surface area (Å²) in [5.41, 5.74) is -0.317. The Morgan fingerprint density at radius 1 is 1.67 bits per heavy atom. The van der Waals surface area contributed by atoms with Crippen LogP contribution in [-0.2, 0) is 9.59 Å². The Labute approximate surface area is 61.3 Å². The van der Waals surface area contributed by atoms with E-state index in [1.54, 1.807) is 0 Å². The molecule has 1 N–H and O–H groups in total. The fourth-order valence-electron chi connectivity index (χ4n) is 0.175. The number of hydrogen-bond acceptors (Lipinski definition) is 2. The molecule has 0 saturated carbocycles. The molecule has 0 spiro atoms. The third-order valence-corrected chi connectivity index (χ3v) is 1.37. The smallest absolute Gasteiger partial charge is 0.342 e. The van der Waals surface area contributed by atoms with Gasteiger partial charge in [-0.1, -0.05) is 0 Å². The average molecular weight is 189 g/mol. The van der Waals surface area contributed by atoms with Gasteiger partial charge in [0.2, 0.25) is 0 Å². The maximum Gasteiger partial charge on any atom is 0.342 e. The molecule has 0 fully saturated rings. The van der Waals surface area contributed by atoms with Crippen LogP contribution in [0.3, 0.4) is 0 Å². The molecule has 0 aliphatic heterocycles. The van der Waals surface area contributed by atoms with E-state index >= 15 is 0 Å². The van der Waals surface area contributed by atoms with Crippen LogP contribution in [0.1, 0.15) is 0 Å². The molecule has 0 unspecified atom stereocenters. The highest BCUT2D eigenvalue weighted by molar-refractivity contribution is 9.12. The van der Waals surface area contributed by atoms with E-state index in [2.05, 4.69) is 15.9 Å². The lowest BCUT2D eigenvalue weighted by molar-refractivity contribution is -0.131. The van der Waals surface area contributed by atoms with Gasteiger partial charge < -0.3 is 5.11 Å². The van der Waals surface area contributed by atoms with E-state index in [0.29, 0.717) is 0 Å². The Balaban J connectivity index is 4.47. The number of hydrogen-bond donors (Lipinski definition) is 1. The molecule has 0 heterocycles. The second-order valence-corrected chi connectivity index (χ2v) is 1.99. The van der Waals surface area contributed by atoms with Crippen molar-refractivity contribution >= 4 is 36.0 Å². The zero-order chi connectivity index (χ0) is 7.44. The number of aldehydes is 1. The minimum absolute atomic E-state index is 0.262. The maximum absolute atomic E-state index is 9.96. The Bertz CT molecular complexity index is 175. The Kier molecular flexibility index (Phi) is 3.23. The molecule has 0 atom stereocenters. The van der Waals surface area contributed by atoms with Crippen molar-refractivity contribution in [3.05, 3.63) is 9.95 Å². The summed E-state index contributed by atoms with van der Waals surface area (Å²) in [6, 6.07) is 0. The number of carboxylic acids is 1. The van der Waals surface area contributed by atoms with Gasteiger partial charge in [-0.15, -0.1) is 0 Å². The predicted molar refractivity (Wildman–Crippen MR) is 35.4 cm³/mol. The first-order valence-electron chi connectivity index (χ1n) is 1.93. The highest BCUT2D eigenvalue weighted by atomic mass is 79.9. The zero-order valence-electron chi connectivity index (χ0n) is 4.30. The lowest BCUT2D eigenvalue weighted by Gasteiger charge is -1.89. The molecule has 0 aromatic rings. The average Bonchev–Trinajstić information content (AvgIpc) is 1.84. The van der Waals surface area contributed by atoms with Crippen LogP contribution < -0.4 is 0 Å². The third-order valence-electron chi connectivity index (χ3n) is 0.568. The van der Waals surface area contributed by atoms with Crippen molar-refractivity contribution < 1.29 is 14.7 Å². The van der Waals surface area contributed by atoms with Crippen molar-refractivity contribution in [1.29, 1.82) is 0 Å². The number of rotatable bonds is 2. The zero-order valence-corrected chi connectivity index (χ0v) is 5.88. The second kappa shape index (κ2) is 3.45. The molecule has 0 aliphatic rings. The number of carboxylic acid groups (broad SMARTS) is 1. The molecule has 0 saturated heterocycles. The van der Waals surface area contributed by atoms with Gasteiger partial charge in [-0.05, 0) is 21.4 Å². The van der Waals surface area contributed by atoms with Crippen molar-refractivity contribution in [3.8, 4) is 0 Å². The van der Waals surface area contributed by atoms with Crippen molar-refractivity contribution in [1.82, 2.24) is 0 Å². The number of aliphatic carboxylic acids is 1. The number of allylic oxidation sites excluding steroid dienone is 1. The van der Waals surface area contributed by atoms with Crippen LogP contribution in [-0.4, -0.2) is 25.2 Å². The Morgan fingerprint density at radius 3 is 2.22 bits per heavy atom. The van der Waals surface area contributed by atoms with Crippen LogP contribution in [0, 0.1) is 0 Å². The van der Waals surface area contributed by atoms with Gasteiger partial charge in [-0.3, -0.25) is 4.79 Å². The summed E-state index contributed by atoms with van der Waals surface area (Å²) in [6.07, 6.45) is 0.262. The van der Waals surface area contributed by atoms with Gasteiger partial charge in [-0.25, -0.2) is 4.79 Å². The van der Waals surface area contributed by atoms with Gasteiger partial charge in [0.25, 0.3) is 0 Å². The highest BCUT2D eigenvalue weighted by Crippen LogP contribution is 2.06. The lowest BCUT2D eigenvalue weighted by atomic mass is 9.97. The molecule has 9 heavy (non-hydrogen) atoms. The van der Waals surface area contributed by atoms with Crippen molar-refractivity contribution in [2.75, 3.05) is 0 Å². The predicted octanol–water partition coefficient (Wildman–Crippen LogP) is 0.0449. The normalized spacial score (nSPS) is 12.1. The van der Waals surface area contributed by atoms with Crippen LogP contribution in [0.25, 0.3) is 0 Å². The summed E-state index contributed by atoms with van der Waals surface area (Å²) in [6.45, 7) is 0. The van der Waals surface area contributed by atoms with E-state index in [4.69, 9.17) is 13.0 Å². The van der Waals surface area contributed by atoms with Crippen LogP contribution in [0.5, 0.6) is 0 Å². The summed E-state index contributed by atoms with van der Waals surface area (Å²) in [5.74, 6) is -1.25. The SMILES string of the molecule is [B]/C(C=O)=C(/Br)C(=O)O. The molecule has 5 heteroatoms. The topological polar surface area (TPSA) is 54.4 Å². The largest absolute Gasteiger partial charge is 0.477 e. The minimum Gasteiger partial charge on any atom is -0.477 e. The molecule has 2 radical (unpaired) electrons. The van der Waals surface area contributed by atoms with Crippen LogP contribution in [0.4, 0.5) is 0 Å².